The van der Waals surface area contributed by atoms with Crippen LogP contribution in [0.3, 0.4) is 0 Å². The lowest BCUT2D eigenvalue weighted by atomic mass is 10.2. The van der Waals surface area contributed by atoms with Gasteiger partial charge in [0.15, 0.2) is 0 Å². The van der Waals surface area contributed by atoms with E-state index in [1.165, 1.54) is 8.61 Å². The molecule has 0 saturated carbocycles. The minimum absolute atomic E-state index is 0.103. The van der Waals surface area contributed by atoms with E-state index in [4.69, 9.17) is 0 Å². The van der Waals surface area contributed by atoms with Crippen LogP contribution in [0.2, 0.25) is 0 Å². The van der Waals surface area contributed by atoms with E-state index >= 15 is 0 Å². The third-order valence-electron chi connectivity index (χ3n) is 4.04. The summed E-state index contributed by atoms with van der Waals surface area (Å²) in [5, 5.41) is 0. The van der Waals surface area contributed by atoms with E-state index in [1.807, 2.05) is 6.33 Å². The van der Waals surface area contributed by atoms with E-state index < -0.39 is 10.2 Å². The van der Waals surface area contributed by atoms with Gasteiger partial charge in [-0.3, -0.25) is 0 Å². The molecule has 21 heavy (non-hydrogen) atoms. The van der Waals surface area contributed by atoms with Crippen LogP contribution in [0.5, 0.6) is 0 Å². The molecule has 1 atom stereocenters. The maximum atomic E-state index is 12.4. The van der Waals surface area contributed by atoms with Crippen LogP contribution in [0, 0.1) is 0 Å². The summed E-state index contributed by atoms with van der Waals surface area (Å²) >= 11 is 0. The number of imidazole rings is 1. The van der Waals surface area contributed by atoms with Gasteiger partial charge in [-0.15, -0.1) is 0 Å². The summed E-state index contributed by atoms with van der Waals surface area (Å²) < 4.78 is 29.7. The molecule has 8 heteroatoms. The molecule has 2 heterocycles. The van der Waals surface area contributed by atoms with Crippen molar-refractivity contribution in [2.24, 2.45) is 0 Å². The van der Waals surface area contributed by atoms with Crippen molar-refractivity contribution in [1.29, 1.82) is 0 Å². The number of fused-ring (bicyclic) bond motifs is 1. The Morgan fingerprint density at radius 3 is 2.57 bits per heavy atom. The zero-order chi connectivity index (χ0) is 15.6. The highest BCUT2D eigenvalue weighted by molar-refractivity contribution is 7.86. The smallest absolute Gasteiger partial charge is 0.281 e. The first-order chi connectivity index (χ1) is 9.90. The highest BCUT2D eigenvalue weighted by Crippen LogP contribution is 2.24. The summed E-state index contributed by atoms with van der Waals surface area (Å²) in [5.41, 5.74) is 0.948. The van der Waals surface area contributed by atoms with Gasteiger partial charge in [-0.1, -0.05) is 13.8 Å². The summed E-state index contributed by atoms with van der Waals surface area (Å²) in [4.78, 5) is 6.49. The van der Waals surface area contributed by atoms with Crippen LogP contribution >= 0.6 is 0 Å². The molecule has 1 aliphatic rings. The Balaban J connectivity index is 2.26. The lowest BCUT2D eigenvalue weighted by molar-refractivity contribution is 0.198. The molecule has 0 bridgehead atoms. The molecule has 7 nitrogen and oxygen atoms in total. The number of rotatable bonds is 6. The molecule has 0 fully saturated rings. The van der Waals surface area contributed by atoms with Gasteiger partial charge in [-0.05, 0) is 13.1 Å². The SMILES string of the molecule is CCN(CC)CC1CN(S(=O)(=O)N(C)C)Cc2cncn21. The van der Waals surface area contributed by atoms with Gasteiger partial charge in [0, 0.05) is 33.4 Å². The van der Waals surface area contributed by atoms with E-state index in [0.29, 0.717) is 13.1 Å². The van der Waals surface area contributed by atoms with E-state index in [1.54, 1.807) is 20.3 Å². The average molecular weight is 315 g/mol. The largest absolute Gasteiger partial charge is 0.328 e. The van der Waals surface area contributed by atoms with Crippen molar-refractivity contribution in [1.82, 2.24) is 23.1 Å². The molecule has 0 N–H and O–H groups in total. The van der Waals surface area contributed by atoms with Gasteiger partial charge >= 0.3 is 0 Å². The maximum Gasteiger partial charge on any atom is 0.281 e. The van der Waals surface area contributed by atoms with Crippen molar-refractivity contribution < 1.29 is 8.42 Å². The summed E-state index contributed by atoms with van der Waals surface area (Å²) in [6.45, 7) is 7.85. The molecule has 0 radical (unpaired) electrons. The third kappa shape index (κ3) is 3.28. The monoisotopic (exact) mass is 315 g/mol. The topological polar surface area (TPSA) is 61.7 Å². The molecular formula is C13H25N5O2S. The zero-order valence-corrected chi connectivity index (χ0v) is 14.0. The van der Waals surface area contributed by atoms with Gasteiger partial charge in [-0.2, -0.15) is 17.0 Å². The number of nitrogens with zero attached hydrogens (tertiary/aromatic N) is 5. The fourth-order valence-electron chi connectivity index (χ4n) is 2.68. The van der Waals surface area contributed by atoms with E-state index in [-0.39, 0.29) is 6.04 Å². The molecule has 1 aromatic heterocycles. The number of hydrogen-bond donors (Lipinski definition) is 0. The van der Waals surface area contributed by atoms with Crippen molar-refractivity contribution in [2.75, 3.05) is 40.3 Å². The molecule has 0 aliphatic carbocycles. The molecule has 1 unspecified atom stereocenters. The zero-order valence-electron chi connectivity index (χ0n) is 13.2. The Hall–Kier alpha value is -0.960. The fraction of sp³-hybridized carbons (Fsp3) is 0.769. The Morgan fingerprint density at radius 2 is 2.00 bits per heavy atom. The van der Waals surface area contributed by atoms with Crippen LogP contribution in [0.4, 0.5) is 0 Å². The molecule has 0 amide bonds. The Labute approximate surface area is 127 Å². The molecule has 1 aliphatic heterocycles. The fourth-order valence-corrected chi connectivity index (χ4v) is 3.80. The minimum atomic E-state index is -3.40. The Bertz CT molecular complexity index is 565. The molecule has 0 spiro atoms. The van der Waals surface area contributed by atoms with Crippen LogP contribution in [0.1, 0.15) is 25.6 Å². The van der Waals surface area contributed by atoms with E-state index in [0.717, 1.165) is 25.3 Å². The second-order valence-corrected chi connectivity index (χ2v) is 7.66. The van der Waals surface area contributed by atoms with Gasteiger partial charge in [0.05, 0.1) is 24.6 Å². The van der Waals surface area contributed by atoms with Crippen molar-refractivity contribution in [3.05, 3.63) is 18.2 Å². The molecule has 0 saturated heterocycles. The second-order valence-electron chi connectivity index (χ2n) is 5.51. The summed E-state index contributed by atoms with van der Waals surface area (Å²) in [6, 6.07) is 0.103. The van der Waals surface area contributed by atoms with Gasteiger partial charge in [-0.25, -0.2) is 4.98 Å². The standard InChI is InChI=1S/C13H25N5O2S/c1-5-16(6-2)8-13-10-17(21(19,20)15(3)4)9-12-7-14-11-18(12)13/h7,11,13H,5-6,8-10H2,1-4H3. The van der Waals surface area contributed by atoms with Crippen molar-refractivity contribution in [3.63, 3.8) is 0 Å². The van der Waals surface area contributed by atoms with Gasteiger partial charge < -0.3 is 9.47 Å². The maximum absolute atomic E-state index is 12.4. The summed E-state index contributed by atoms with van der Waals surface area (Å²) in [7, 11) is -0.256. The first-order valence-electron chi connectivity index (χ1n) is 7.30. The van der Waals surface area contributed by atoms with Crippen molar-refractivity contribution >= 4 is 10.2 Å². The molecular weight excluding hydrogens is 290 g/mol. The highest BCUT2D eigenvalue weighted by atomic mass is 32.2. The van der Waals surface area contributed by atoms with Gasteiger partial charge in [0.1, 0.15) is 0 Å². The van der Waals surface area contributed by atoms with Crippen LogP contribution in [0.15, 0.2) is 12.5 Å². The average Bonchev–Trinajstić information content (AvgIpc) is 2.92. The summed E-state index contributed by atoms with van der Waals surface area (Å²) in [6.07, 6.45) is 3.57. The minimum Gasteiger partial charge on any atom is -0.328 e. The second kappa shape index (κ2) is 6.43. The Morgan fingerprint density at radius 1 is 1.33 bits per heavy atom. The van der Waals surface area contributed by atoms with E-state index in [9.17, 15) is 8.42 Å². The van der Waals surface area contributed by atoms with Crippen LogP contribution < -0.4 is 0 Å². The first kappa shape index (κ1) is 16.4. The molecule has 1 aromatic rings. The van der Waals surface area contributed by atoms with Crippen molar-refractivity contribution in [3.8, 4) is 0 Å². The predicted molar refractivity (Wildman–Crippen MR) is 82.1 cm³/mol. The van der Waals surface area contributed by atoms with Crippen molar-refractivity contribution in [2.45, 2.75) is 26.4 Å². The number of aromatic nitrogens is 2. The van der Waals surface area contributed by atoms with E-state index in [2.05, 4.69) is 28.3 Å². The lowest BCUT2D eigenvalue weighted by Crippen LogP contribution is -2.48. The highest BCUT2D eigenvalue weighted by Gasteiger charge is 2.33. The van der Waals surface area contributed by atoms with Crippen LogP contribution in [0.25, 0.3) is 0 Å². The first-order valence-corrected chi connectivity index (χ1v) is 8.70. The lowest BCUT2D eigenvalue weighted by Gasteiger charge is -2.37. The summed E-state index contributed by atoms with van der Waals surface area (Å²) in [5.74, 6) is 0. The third-order valence-corrected chi connectivity index (χ3v) is 5.90. The number of hydrogen-bond acceptors (Lipinski definition) is 4. The quantitative estimate of drug-likeness (QED) is 0.762. The van der Waals surface area contributed by atoms with Gasteiger partial charge in [0.25, 0.3) is 10.2 Å². The molecule has 0 aromatic carbocycles. The predicted octanol–water partition coefficient (Wildman–Crippen LogP) is 0.388. The normalized spacial score (nSPS) is 20.2. The molecule has 120 valence electrons. The van der Waals surface area contributed by atoms with Crippen LogP contribution in [-0.4, -0.2) is 71.8 Å². The molecule has 2 rings (SSSR count). The van der Waals surface area contributed by atoms with Crippen LogP contribution in [-0.2, 0) is 16.8 Å². The van der Waals surface area contributed by atoms with Gasteiger partial charge in [0.2, 0.25) is 0 Å². The number of likely N-dealkylation sites (N-methyl/N-ethyl adjacent to an activating group) is 1. The Kier molecular flexibility index (Phi) is 5.03.